The molecule has 1 saturated carbocycles. The molecule has 0 spiro atoms. The van der Waals surface area contributed by atoms with E-state index in [9.17, 15) is 4.79 Å². The Labute approximate surface area is 144 Å². The van der Waals surface area contributed by atoms with Crippen molar-refractivity contribution in [2.24, 2.45) is 5.92 Å². The van der Waals surface area contributed by atoms with Crippen LogP contribution in [0.5, 0.6) is 0 Å². The van der Waals surface area contributed by atoms with Crippen LogP contribution in [0, 0.1) is 5.92 Å². The second kappa shape index (κ2) is 8.85. The third-order valence-corrected chi connectivity index (χ3v) is 5.03. The SMILES string of the molecule is O=C(CC1CCCCC1)NCCNc1cc(N2CCCC2)ncn1. The lowest BCUT2D eigenvalue weighted by molar-refractivity contribution is -0.122. The van der Waals surface area contributed by atoms with Crippen LogP contribution in [-0.4, -0.2) is 42.1 Å². The van der Waals surface area contributed by atoms with Crippen molar-refractivity contribution in [1.82, 2.24) is 15.3 Å². The summed E-state index contributed by atoms with van der Waals surface area (Å²) >= 11 is 0. The monoisotopic (exact) mass is 331 g/mol. The highest BCUT2D eigenvalue weighted by molar-refractivity contribution is 5.76. The number of aromatic nitrogens is 2. The van der Waals surface area contributed by atoms with Gasteiger partial charge in [-0.05, 0) is 31.6 Å². The number of carbonyl (C=O) groups is 1. The fourth-order valence-electron chi connectivity index (χ4n) is 3.68. The summed E-state index contributed by atoms with van der Waals surface area (Å²) < 4.78 is 0. The maximum Gasteiger partial charge on any atom is 0.220 e. The van der Waals surface area contributed by atoms with E-state index in [4.69, 9.17) is 0 Å². The molecule has 0 unspecified atom stereocenters. The van der Waals surface area contributed by atoms with Crippen LogP contribution in [0.4, 0.5) is 11.6 Å². The molecule has 2 N–H and O–H groups in total. The lowest BCUT2D eigenvalue weighted by atomic mass is 9.87. The van der Waals surface area contributed by atoms with Crippen molar-refractivity contribution < 1.29 is 4.79 Å². The zero-order valence-corrected chi connectivity index (χ0v) is 14.5. The summed E-state index contributed by atoms with van der Waals surface area (Å²) in [4.78, 5) is 22.9. The van der Waals surface area contributed by atoms with E-state index in [-0.39, 0.29) is 5.91 Å². The van der Waals surface area contributed by atoms with Gasteiger partial charge >= 0.3 is 0 Å². The summed E-state index contributed by atoms with van der Waals surface area (Å²) in [6.45, 7) is 3.48. The molecule has 0 aromatic carbocycles. The maximum atomic E-state index is 12.0. The largest absolute Gasteiger partial charge is 0.368 e. The number of nitrogens with zero attached hydrogens (tertiary/aromatic N) is 3. The van der Waals surface area contributed by atoms with Gasteiger partial charge in [0.2, 0.25) is 5.91 Å². The Kier molecular flexibility index (Phi) is 6.26. The van der Waals surface area contributed by atoms with E-state index in [2.05, 4.69) is 25.5 Å². The first-order valence-corrected chi connectivity index (χ1v) is 9.39. The van der Waals surface area contributed by atoms with E-state index in [1.807, 2.05) is 6.07 Å². The Morgan fingerprint density at radius 2 is 1.88 bits per heavy atom. The van der Waals surface area contributed by atoms with Crippen molar-refractivity contribution in [2.75, 3.05) is 36.4 Å². The highest BCUT2D eigenvalue weighted by Gasteiger charge is 2.17. The summed E-state index contributed by atoms with van der Waals surface area (Å²) in [5.41, 5.74) is 0. The first-order chi connectivity index (χ1) is 11.8. The average Bonchev–Trinajstić information content (AvgIpc) is 3.15. The molecule has 1 aromatic heterocycles. The highest BCUT2D eigenvalue weighted by Crippen LogP contribution is 2.26. The first kappa shape index (κ1) is 17.0. The van der Waals surface area contributed by atoms with Crippen LogP contribution in [0.3, 0.4) is 0 Å². The number of nitrogens with one attached hydrogen (secondary N) is 2. The molecule has 1 amide bonds. The lowest BCUT2D eigenvalue weighted by Gasteiger charge is -2.20. The summed E-state index contributed by atoms with van der Waals surface area (Å²) in [6, 6.07) is 2.00. The molecular formula is C18H29N5O. The maximum absolute atomic E-state index is 12.0. The van der Waals surface area contributed by atoms with E-state index >= 15 is 0 Å². The van der Waals surface area contributed by atoms with Gasteiger partial charge in [0.05, 0.1) is 0 Å². The van der Waals surface area contributed by atoms with E-state index in [1.54, 1.807) is 6.33 Å². The van der Waals surface area contributed by atoms with E-state index < -0.39 is 0 Å². The molecule has 6 heteroatoms. The second-order valence-corrected chi connectivity index (χ2v) is 6.94. The van der Waals surface area contributed by atoms with Crippen molar-refractivity contribution in [3.05, 3.63) is 12.4 Å². The standard InChI is InChI=1S/C18H29N5O/c24-18(12-15-6-2-1-3-7-15)20-9-8-19-16-13-17(22-14-21-16)23-10-4-5-11-23/h13-15H,1-12H2,(H,20,24)(H,19,21,22). The molecule has 132 valence electrons. The van der Waals surface area contributed by atoms with Gasteiger partial charge in [-0.3, -0.25) is 4.79 Å². The Bertz CT molecular complexity index is 524. The van der Waals surface area contributed by atoms with Crippen LogP contribution in [-0.2, 0) is 4.79 Å². The van der Waals surface area contributed by atoms with E-state index in [1.165, 1.54) is 44.9 Å². The minimum Gasteiger partial charge on any atom is -0.368 e. The third-order valence-electron chi connectivity index (χ3n) is 5.03. The van der Waals surface area contributed by atoms with Crippen LogP contribution < -0.4 is 15.5 Å². The quantitative estimate of drug-likeness (QED) is 0.752. The minimum absolute atomic E-state index is 0.184. The summed E-state index contributed by atoms with van der Waals surface area (Å²) in [7, 11) is 0. The van der Waals surface area contributed by atoms with Gasteiger partial charge in [-0.15, -0.1) is 0 Å². The van der Waals surface area contributed by atoms with E-state index in [0.717, 1.165) is 24.7 Å². The fourth-order valence-corrected chi connectivity index (χ4v) is 3.68. The lowest BCUT2D eigenvalue weighted by Crippen LogP contribution is -2.30. The molecule has 2 fully saturated rings. The number of hydrogen-bond donors (Lipinski definition) is 2. The van der Waals surface area contributed by atoms with Crippen molar-refractivity contribution in [1.29, 1.82) is 0 Å². The molecule has 6 nitrogen and oxygen atoms in total. The first-order valence-electron chi connectivity index (χ1n) is 9.39. The topological polar surface area (TPSA) is 70.2 Å². The summed E-state index contributed by atoms with van der Waals surface area (Å²) in [5.74, 6) is 2.60. The number of amides is 1. The molecule has 0 bridgehead atoms. The zero-order valence-electron chi connectivity index (χ0n) is 14.5. The van der Waals surface area contributed by atoms with E-state index in [0.29, 0.717) is 25.4 Å². The van der Waals surface area contributed by atoms with Gasteiger partial charge < -0.3 is 15.5 Å². The Morgan fingerprint density at radius 1 is 1.08 bits per heavy atom. The van der Waals surface area contributed by atoms with Crippen LogP contribution in [0.1, 0.15) is 51.4 Å². The van der Waals surface area contributed by atoms with Crippen molar-refractivity contribution in [3.63, 3.8) is 0 Å². The van der Waals surface area contributed by atoms with Gasteiger partial charge in [0.25, 0.3) is 0 Å². The molecule has 24 heavy (non-hydrogen) atoms. The molecule has 0 atom stereocenters. The Morgan fingerprint density at radius 3 is 2.67 bits per heavy atom. The number of hydrogen-bond acceptors (Lipinski definition) is 5. The average molecular weight is 331 g/mol. The fraction of sp³-hybridized carbons (Fsp3) is 0.722. The molecule has 1 aromatic rings. The number of carbonyl (C=O) groups excluding carboxylic acids is 1. The third kappa shape index (κ3) is 5.08. The normalized spacial score (nSPS) is 18.6. The van der Waals surface area contributed by atoms with Crippen LogP contribution in [0.15, 0.2) is 12.4 Å². The van der Waals surface area contributed by atoms with Gasteiger partial charge in [-0.1, -0.05) is 19.3 Å². The van der Waals surface area contributed by atoms with Gasteiger partial charge in [-0.2, -0.15) is 0 Å². The van der Waals surface area contributed by atoms with Crippen molar-refractivity contribution in [2.45, 2.75) is 51.4 Å². The Hall–Kier alpha value is -1.85. The molecule has 1 aliphatic heterocycles. The molecule has 0 radical (unpaired) electrons. The molecule has 2 heterocycles. The predicted molar refractivity (Wildman–Crippen MR) is 96.2 cm³/mol. The molecule has 1 aliphatic carbocycles. The zero-order chi connectivity index (χ0) is 16.6. The summed E-state index contributed by atoms with van der Waals surface area (Å²) in [6.07, 6.45) is 11.1. The van der Waals surface area contributed by atoms with Gasteiger partial charge in [0, 0.05) is 38.7 Å². The minimum atomic E-state index is 0.184. The van der Waals surface area contributed by atoms with Gasteiger partial charge in [0.1, 0.15) is 18.0 Å². The van der Waals surface area contributed by atoms with Gasteiger partial charge in [0.15, 0.2) is 0 Å². The summed E-state index contributed by atoms with van der Waals surface area (Å²) in [5, 5.41) is 6.29. The number of rotatable bonds is 7. The van der Waals surface area contributed by atoms with Gasteiger partial charge in [-0.25, -0.2) is 9.97 Å². The molecule has 1 saturated heterocycles. The van der Waals surface area contributed by atoms with Crippen LogP contribution >= 0.6 is 0 Å². The molecular weight excluding hydrogens is 302 g/mol. The second-order valence-electron chi connectivity index (χ2n) is 6.94. The predicted octanol–water partition coefficient (Wildman–Crippen LogP) is 2.58. The Balaban J connectivity index is 1.35. The molecule has 3 rings (SSSR count). The highest BCUT2D eigenvalue weighted by atomic mass is 16.1. The smallest absolute Gasteiger partial charge is 0.220 e. The van der Waals surface area contributed by atoms with Crippen molar-refractivity contribution >= 4 is 17.5 Å². The van der Waals surface area contributed by atoms with Crippen LogP contribution in [0.2, 0.25) is 0 Å². The molecule has 2 aliphatic rings. The van der Waals surface area contributed by atoms with Crippen LogP contribution in [0.25, 0.3) is 0 Å². The van der Waals surface area contributed by atoms with Crippen molar-refractivity contribution in [3.8, 4) is 0 Å². The number of anilines is 2.